The molecule has 0 bridgehead atoms. The quantitative estimate of drug-likeness (QED) is 0.562. The molecule has 0 heterocycles. The first-order valence-electron chi connectivity index (χ1n) is 9.09. The predicted octanol–water partition coefficient (Wildman–Crippen LogP) is 4.91. The van der Waals surface area contributed by atoms with Crippen LogP contribution in [0.1, 0.15) is 17.5 Å². The molecule has 3 rings (SSSR count). The van der Waals surface area contributed by atoms with Gasteiger partial charge in [0.1, 0.15) is 5.75 Å². The topological polar surface area (TPSA) is 50.4 Å². The largest absolute Gasteiger partial charge is 0.455 e. The van der Waals surface area contributed by atoms with Crippen molar-refractivity contribution >= 4 is 11.6 Å². The van der Waals surface area contributed by atoms with Gasteiger partial charge in [0, 0.05) is 19.5 Å². The molecule has 27 heavy (non-hydrogen) atoms. The molecule has 3 aromatic carbocycles. The highest BCUT2D eigenvalue weighted by Crippen LogP contribution is 2.29. The lowest BCUT2D eigenvalue weighted by Crippen LogP contribution is -2.21. The summed E-state index contributed by atoms with van der Waals surface area (Å²) in [5.74, 6) is 1.32. The number of carbonyl (C=O) groups is 1. The van der Waals surface area contributed by atoms with Crippen LogP contribution in [0.2, 0.25) is 0 Å². The van der Waals surface area contributed by atoms with Gasteiger partial charge >= 0.3 is 0 Å². The van der Waals surface area contributed by atoms with Gasteiger partial charge in [-0.3, -0.25) is 4.79 Å². The van der Waals surface area contributed by atoms with Crippen LogP contribution in [-0.4, -0.2) is 12.5 Å². The highest BCUT2D eigenvalue weighted by Gasteiger charge is 2.08. The van der Waals surface area contributed by atoms with Gasteiger partial charge in [0.05, 0.1) is 5.69 Å². The van der Waals surface area contributed by atoms with E-state index >= 15 is 0 Å². The summed E-state index contributed by atoms with van der Waals surface area (Å²) < 4.78 is 5.87. The van der Waals surface area contributed by atoms with E-state index in [4.69, 9.17) is 4.74 Å². The number of aryl methyl sites for hydroxylation is 1. The number of hydrogen-bond acceptors (Lipinski definition) is 3. The molecular weight excluding hydrogens is 336 g/mol. The van der Waals surface area contributed by atoms with Crippen molar-refractivity contribution in [3.63, 3.8) is 0 Å². The zero-order valence-electron chi connectivity index (χ0n) is 15.4. The molecule has 2 N–H and O–H groups in total. The molecule has 4 nitrogen and oxygen atoms in total. The number of carbonyl (C=O) groups excluding carboxylic acids is 1. The van der Waals surface area contributed by atoms with Crippen LogP contribution in [0.5, 0.6) is 11.5 Å². The number of nitrogens with one attached hydrogen (secondary N) is 2. The molecule has 0 atom stereocenters. The lowest BCUT2D eigenvalue weighted by molar-refractivity contribution is -0.116. The van der Waals surface area contributed by atoms with Crippen molar-refractivity contribution in [3.05, 3.63) is 90.0 Å². The summed E-state index contributed by atoms with van der Waals surface area (Å²) in [7, 11) is 0. The van der Waals surface area contributed by atoms with E-state index in [-0.39, 0.29) is 5.91 Å². The van der Waals surface area contributed by atoms with Crippen molar-refractivity contribution in [3.8, 4) is 11.5 Å². The molecule has 0 radical (unpaired) electrons. The highest BCUT2D eigenvalue weighted by atomic mass is 16.5. The van der Waals surface area contributed by atoms with Gasteiger partial charge in [-0.05, 0) is 36.8 Å². The Labute approximate surface area is 160 Å². The van der Waals surface area contributed by atoms with E-state index in [0.717, 1.165) is 12.3 Å². The molecule has 0 aliphatic heterocycles. The molecule has 0 fully saturated rings. The van der Waals surface area contributed by atoms with E-state index in [0.29, 0.717) is 24.4 Å². The maximum Gasteiger partial charge on any atom is 0.225 e. The molecule has 0 spiro atoms. The van der Waals surface area contributed by atoms with Crippen LogP contribution >= 0.6 is 0 Å². The molecule has 0 aliphatic rings. The third-order valence-electron chi connectivity index (χ3n) is 4.07. The van der Waals surface area contributed by atoms with Crippen molar-refractivity contribution in [2.45, 2.75) is 19.9 Å². The van der Waals surface area contributed by atoms with Crippen molar-refractivity contribution < 1.29 is 9.53 Å². The molecule has 0 aromatic heterocycles. The molecule has 1 amide bonds. The molecule has 138 valence electrons. The minimum Gasteiger partial charge on any atom is -0.455 e. The number of benzene rings is 3. The fraction of sp³-hybridized carbons (Fsp3) is 0.174. The van der Waals surface area contributed by atoms with Crippen molar-refractivity contribution in [1.29, 1.82) is 0 Å². The average Bonchev–Trinajstić information content (AvgIpc) is 2.68. The molecule has 0 aliphatic carbocycles. The molecule has 3 aromatic rings. The summed E-state index contributed by atoms with van der Waals surface area (Å²) in [5, 5.41) is 6.24. The lowest BCUT2D eigenvalue weighted by Gasteiger charge is -2.12. The second-order valence-corrected chi connectivity index (χ2v) is 6.38. The number of anilines is 1. The standard InChI is InChI=1S/C23H24N2O2/c1-18-8-7-9-19(16-18)17-24-15-14-23(26)25-21-12-5-6-13-22(21)27-20-10-3-2-4-11-20/h2-13,16,24H,14-15,17H2,1H3,(H,25,26). The van der Waals surface area contributed by atoms with Gasteiger partial charge in [0.15, 0.2) is 5.75 Å². The smallest absolute Gasteiger partial charge is 0.225 e. The van der Waals surface area contributed by atoms with Gasteiger partial charge in [-0.2, -0.15) is 0 Å². The number of para-hydroxylation sites is 3. The molecular formula is C23H24N2O2. The van der Waals surface area contributed by atoms with Crippen LogP contribution in [0.4, 0.5) is 5.69 Å². The maximum atomic E-state index is 12.3. The monoisotopic (exact) mass is 360 g/mol. The summed E-state index contributed by atoms with van der Waals surface area (Å²) in [6, 6.07) is 25.3. The zero-order chi connectivity index (χ0) is 18.9. The fourth-order valence-electron chi connectivity index (χ4n) is 2.74. The average molecular weight is 360 g/mol. The van der Waals surface area contributed by atoms with E-state index in [9.17, 15) is 4.79 Å². The number of amides is 1. The Morgan fingerprint density at radius 1 is 0.926 bits per heavy atom. The van der Waals surface area contributed by atoms with Crippen LogP contribution < -0.4 is 15.4 Å². The van der Waals surface area contributed by atoms with E-state index in [1.54, 1.807) is 0 Å². The van der Waals surface area contributed by atoms with Crippen molar-refractivity contribution in [1.82, 2.24) is 5.32 Å². The Hall–Kier alpha value is -3.11. The Morgan fingerprint density at radius 3 is 2.52 bits per heavy atom. The van der Waals surface area contributed by atoms with E-state index in [2.05, 4.69) is 35.8 Å². The summed E-state index contributed by atoms with van der Waals surface area (Å²) in [6.07, 6.45) is 0.394. The third kappa shape index (κ3) is 5.97. The number of rotatable bonds is 8. The Morgan fingerprint density at radius 2 is 1.70 bits per heavy atom. The van der Waals surface area contributed by atoms with Gasteiger partial charge in [-0.25, -0.2) is 0 Å². The van der Waals surface area contributed by atoms with Gasteiger partial charge in [0.2, 0.25) is 5.91 Å². The van der Waals surface area contributed by atoms with E-state index in [1.807, 2.05) is 60.7 Å². The molecule has 0 unspecified atom stereocenters. The van der Waals surface area contributed by atoms with Gasteiger partial charge in [0.25, 0.3) is 0 Å². The summed E-state index contributed by atoms with van der Waals surface area (Å²) >= 11 is 0. The fourth-order valence-corrected chi connectivity index (χ4v) is 2.74. The molecule has 0 saturated carbocycles. The SMILES string of the molecule is Cc1cccc(CNCCC(=O)Nc2ccccc2Oc2ccccc2)c1. The minimum absolute atomic E-state index is 0.0455. The van der Waals surface area contributed by atoms with Crippen molar-refractivity contribution in [2.75, 3.05) is 11.9 Å². The van der Waals surface area contributed by atoms with Gasteiger partial charge < -0.3 is 15.4 Å². The predicted molar refractivity (Wildman–Crippen MR) is 109 cm³/mol. The molecule has 4 heteroatoms. The van der Waals surface area contributed by atoms with E-state index < -0.39 is 0 Å². The third-order valence-corrected chi connectivity index (χ3v) is 4.07. The first-order chi connectivity index (χ1) is 13.2. The van der Waals surface area contributed by atoms with Crippen LogP contribution in [0.25, 0.3) is 0 Å². The van der Waals surface area contributed by atoms with Crippen LogP contribution in [0.3, 0.4) is 0 Å². The van der Waals surface area contributed by atoms with Crippen LogP contribution in [0.15, 0.2) is 78.9 Å². The normalized spacial score (nSPS) is 10.4. The zero-order valence-corrected chi connectivity index (χ0v) is 15.4. The number of hydrogen-bond donors (Lipinski definition) is 2. The Bertz CT molecular complexity index is 878. The lowest BCUT2D eigenvalue weighted by atomic mass is 10.1. The second-order valence-electron chi connectivity index (χ2n) is 6.38. The van der Waals surface area contributed by atoms with Crippen LogP contribution in [0, 0.1) is 6.92 Å². The summed E-state index contributed by atoms with van der Waals surface area (Å²) in [6.45, 7) is 3.44. The Balaban J connectivity index is 1.49. The molecule has 0 saturated heterocycles. The van der Waals surface area contributed by atoms with Crippen molar-refractivity contribution in [2.24, 2.45) is 0 Å². The van der Waals surface area contributed by atoms with Gasteiger partial charge in [-0.1, -0.05) is 60.2 Å². The first-order valence-corrected chi connectivity index (χ1v) is 9.09. The van der Waals surface area contributed by atoms with Crippen LogP contribution in [-0.2, 0) is 11.3 Å². The van der Waals surface area contributed by atoms with E-state index in [1.165, 1.54) is 11.1 Å². The second kappa shape index (κ2) is 9.55. The minimum atomic E-state index is -0.0455. The summed E-state index contributed by atoms with van der Waals surface area (Å²) in [4.78, 5) is 12.3. The summed E-state index contributed by atoms with van der Waals surface area (Å²) in [5.41, 5.74) is 3.13. The Kier molecular flexibility index (Phi) is 6.61. The maximum absolute atomic E-state index is 12.3. The highest BCUT2D eigenvalue weighted by molar-refractivity contribution is 5.92. The number of ether oxygens (including phenoxy) is 1. The first kappa shape index (κ1) is 18.7. The van der Waals surface area contributed by atoms with Gasteiger partial charge in [-0.15, -0.1) is 0 Å².